The van der Waals surface area contributed by atoms with Crippen molar-refractivity contribution in [1.29, 1.82) is 0 Å². The molecule has 1 atom stereocenters. The van der Waals surface area contributed by atoms with Crippen molar-refractivity contribution in [1.82, 2.24) is 9.97 Å². The van der Waals surface area contributed by atoms with E-state index in [0.29, 0.717) is 28.5 Å². The zero-order chi connectivity index (χ0) is 20.2. The second-order valence-electron chi connectivity index (χ2n) is 6.49. The van der Waals surface area contributed by atoms with Crippen molar-refractivity contribution < 1.29 is 8.94 Å². The fourth-order valence-corrected chi connectivity index (χ4v) is 3.98. The van der Waals surface area contributed by atoms with Crippen LogP contribution >= 0.6 is 0 Å². The maximum absolute atomic E-state index is 14.5. The minimum atomic E-state index is -1.32. The number of rotatable bonds is 6. The molecular weight excluding hydrogens is 387 g/mol. The Balaban J connectivity index is 1.59. The van der Waals surface area contributed by atoms with E-state index in [-0.39, 0.29) is 5.82 Å². The highest BCUT2D eigenvalue weighted by Gasteiger charge is 2.12. The van der Waals surface area contributed by atoms with Crippen LogP contribution in [0.3, 0.4) is 0 Å². The summed E-state index contributed by atoms with van der Waals surface area (Å²) >= 11 is -1.32. The maximum Gasteiger partial charge on any atom is 0.222 e. The number of fused-ring (bicyclic) bond motifs is 1. The maximum atomic E-state index is 14.5. The largest absolute Gasteiger partial charge is 0.593 e. The van der Waals surface area contributed by atoms with Crippen LogP contribution in [0.2, 0.25) is 0 Å². The Morgan fingerprint density at radius 2 is 1.86 bits per heavy atom. The molecule has 4 rings (SSSR count). The Kier molecular flexibility index (Phi) is 5.59. The number of nitrogens with zero attached hydrogens (tertiary/aromatic N) is 2. The number of hydrogen-bond donors (Lipinski definition) is 2. The molecule has 4 aromatic rings. The fourth-order valence-electron chi connectivity index (χ4n) is 3.02. The molecule has 0 radical (unpaired) electrons. The molecule has 1 unspecified atom stereocenters. The Bertz CT molecular complexity index is 1140. The molecule has 5 nitrogen and oxygen atoms in total. The lowest BCUT2D eigenvalue weighted by molar-refractivity contribution is 0.599. The van der Waals surface area contributed by atoms with Gasteiger partial charge in [-0.05, 0) is 35.9 Å². The average Bonchev–Trinajstić information content (AvgIpc) is 2.75. The number of hydrogen-bond acceptors (Lipinski definition) is 5. The second-order valence-corrected chi connectivity index (χ2v) is 7.67. The molecule has 7 heteroatoms. The molecule has 3 aromatic carbocycles. The van der Waals surface area contributed by atoms with Crippen molar-refractivity contribution >= 4 is 33.9 Å². The van der Waals surface area contributed by atoms with Crippen molar-refractivity contribution in [3.8, 4) is 11.1 Å². The van der Waals surface area contributed by atoms with Gasteiger partial charge in [0.05, 0.1) is 22.6 Å². The van der Waals surface area contributed by atoms with Crippen molar-refractivity contribution in [3.05, 3.63) is 84.3 Å². The molecule has 0 amide bonds. The second kappa shape index (κ2) is 8.46. The summed E-state index contributed by atoms with van der Waals surface area (Å²) in [5, 5.41) is 3.71. The van der Waals surface area contributed by atoms with Crippen molar-refractivity contribution in [2.75, 3.05) is 17.1 Å². The lowest BCUT2D eigenvalue weighted by atomic mass is 10.0. The molecule has 146 valence electrons. The molecule has 1 aromatic heterocycles. The van der Waals surface area contributed by atoms with Crippen LogP contribution in [0, 0.1) is 5.82 Å². The van der Waals surface area contributed by atoms with Crippen LogP contribution in [0.15, 0.2) is 72.9 Å². The zero-order valence-corrected chi connectivity index (χ0v) is 16.5. The van der Waals surface area contributed by atoms with Crippen LogP contribution in [-0.4, -0.2) is 21.6 Å². The summed E-state index contributed by atoms with van der Waals surface area (Å²) in [6.07, 6.45) is 1.70. The highest BCUT2D eigenvalue weighted by Crippen LogP contribution is 2.29. The van der Waals surface area contributed by atoms with Crippen molar-refractivity contribution in [2.24, 2.45) is 0 Å². The third-order valence-corrected chi connectivity index (χ3v) is 5.51. The summed E-state index contributed by atoms with van der Waals surface area (Å²) in [5.41, 5.74) is 3.46. The quantitative estimate of drug-likeness (QED) is 0.452. The fraction of sp³-hybridized carbons (Fsp3) is 0.0909. The molecule has 0 aliphatic heterocycles. The summed E-state index contributed by atoms with van der Waals surface area (Å²) in [4.78, 5) is 8.59. The van der Waals surface area contributed by atoms with E-state index in [9.17, 15) is 8.94 Å². The van der Waals surface area contributed by atoms with Gasteiger partial charge in [0, 0.05) is 29.8 Å². The van der Waals surface area contributed by atoms with E-state index in [0.717, 1.165) is 16.5 Å². The summed E-state index contributed by atoms with van der Waals surface area (Å²) in [6.45, 7) is 0. The SMILES string of the molecule is CNc1ncc2cc(-c3cc(N[S+]([O-])Cc4ccccc4)ccc3F)ccc2n1. The molecule has 29 heavy (non-hydrogen) atoms. The van der Waals surface area contributed by atoms with Gasteiger partial charge in [0.15, 0.2) is 5.75 Å². The summed E-state index contributed by atoms with van der Waals surface area (Å²) < 4.78 is 29.9. The standard InChI is InChI=1S/C22H19FN4OS/c1-24-22-25-13-17-11-16(7-10-21(17)26-22)19-12-18(8-9-20(19)23)27-29(28)14-15-5-3-2-4-6-15/h2-13,27H,14H2,1H3,(H,24,25,26). The predicted molar refractivity (Wildman–Crippen MR) is 116 cm³/mol. The molecule has 0 aliphatic rings. The van der Waals surface area contributed by atoms with Gasteiger partial charge in [-0.2, -0.15) is 0 Å². The Labute approximate surface area is 171 Å². The molecule has 0 bridgehead atoms. The Hall–Kier alpha value is -3.16. The summed E-state index contributed by atoms with van der Waals surface area (Å²) in [5.74, 6) is 0.550. The summed E-state index contributed by atoms with van der Waals surface area (Å²) in [7, 11) is 1.76. The van der Waals surface area contributed by atoms with Crippen LogP contribution in [-0.2, 0) is 17.1 Å². The molecule has 0 aliphatic carbocycles. The van der Waals surface area contributed by atoms with Gasteiger partial charge in [0.1, 0.15) is 5.82 Å². The first-order valence-electron chi connectivity index (χ1n) is 9.06. The number of benzene rings is 3. The van der Waals surface area contributed by atoms with Crippen LogP contribution in [0.4, 0.5) is 16.0 Å². The monoisotopic (exact) mass is 406 g/mol. The number of halogens is 1. The Morgan fingerprint density at radius 3 is 2.66 bits per heavy atom. The first-order chi connectivity index (χ1) is 14.1. The van der Waals surface area contributed by atoms with Crippen LogP contribution in [0.5, 0.6) is 0 Å². The molecular formula is C22H19FN4OS. The third kappa shape index (κ3) is 4.47. The number of aromatic nitrogens is 2. The topological polar surface area (TPSA) is 72.9 Å². The van der Waals surface area contributed by atoms with Crippen molar-refractivity contribution in [2.45, 2.75) is 5.75 Å². The highest BCUT2D eigenvalue weighted by molar-refractivity contribution is 7.91. The smallest absolute Gasteiger partial charge is 0.222 e. The van der Waals surface area contributed by atoms with Gasteiger partial charge in [0.2, 0.25) is 5.95 Å². The first-order valence-corrected chi connectivity index (χ1v) is 10.4. The molecule has 0 saturated carbocycles. The van der Waals surface area contributed by atoms with E-state index in [2.05, 4.69) is 20.0 Å². The van der Waals surface area contributed by atoms with Crippen molar-refractivity contribution in [3.63, 3.8) is 0 Å². The van der Waals surface area contributed by atoms with E-state index in [1.54, 1.807) is 25.4 Å². The average molecular weight is 406 g/mol. The van der Waals surface area contributed by atoms with E-state index >= 15 is 0 Å². The van der Waals surface area contributed by atoms with E-state index in [1.165, 1.54) is 6.07 Å². The number of anilines is 2. The van der Waals surface area contributed by atoms with Crippen LogP contribution in [0.1, 0.15) is 5.56 Å². The minimum Gasteiger partial charge on any atom is -0.593 e. The summed E-state index contributed by atoms with van der Waals surface area (Å²) in [6, 6.07) is 19.7. The van der Waals surface area contributed by atoms with Gasteiger partial charge >= 0.3 is 0 Å². The van der Waals surface area contributed by atoms with Gasteiger partial charge in [-0.25, -0.2) is 19.1 Å². The van der Waals surface area contributed by atoms with Gasteiger partial charge in [0.25, 0.3) is 0 Å². The number of nitrogens with one attached hydrogen (secondary N) is 2. The van der Waals surface area contributed by atoms with E-state index < -0.39 is 11.4 Å². The molecule has 0 spiro atoms. The zero-order valence-electron chi connectivity index (χ0n) is 15.7. The first kappa shape index (κ1) is 19.2. The van der Waals surface area contributed by atoms with E-state index in [1.807, 2.05) is 48.5 Å². The van der Waals surface area contributed by atoms with Gasteiger partial charge < -0.3 is 9.87 Å². The third-order valence-electron chi connectivity index (χ3n) is 4.45. The van der Waals surface area contributed by atoms with Gasteiger partial charge in [-0.3, -0.25) is 0 Å². The Morgan fingerprint density at radius 1 is 1.03 bits per heavy atom. The highest BCUT2D eigenvalue weighted by atomic mass is 32.2. The molecule has 0 fully saturated rings. The van der Waals surface area contributed by atoms with Gasteiger partial charge in [-0.15, -0.1) is 0 Å². The van der Waals surface area contributed by atoms with E-state index in [4.69, 9.17) is 0 Å². The minimum absolute atomic E-state index is 0.350. The van der Waals surface area contributed by atoms with Crippen LogP contribution < -0.4 is 10.0 Å². The predicted octanol–water partition coefficient (Wildman–Crippen LogP) is 4.75. The lowest BCUT2D eigenvalue weighted by Crippen LogP contribution is -2.15. The molecule has 1 heterocycles. The molecule has 0 saturated heterocycles. The molecule has 2 N–H and O–H groups in total. The van der Waals surface area contributed by atoms with Gasteiger partial charge in [-0.1, -0.05) is 36.4 Å². The van der Waals surface area contributed by atoms with Crippen LogP contribution in [0.25, 0.3) is 22.0 Å². The normalized spacial score (nSPS) is 12.0. The lowest BCUT2D eigenvalue weighted by Gasteiger charge is -2.14.